The standard InChI is InChI=1S/C12H16F3NOS/c1-9-4-3-5-10(8-16-2)11(9)17-6-7-18-12(13,14)15/h3-5,16H,6-8H2,1-2H3. The first-order valence-corrected chi connectivity index (χ1v) is 6.49. The Balaban J connectivity index is 2.55. The van der Waals surface area contributed by atoms with Gasteiger partial charge in [-0.2, -0.15) is 13.2 Å². The summed E-state index contributed by atoms with van der Waals surface area (Å²) in [4.78, 5) is 0. The van der Waals surface area contributed by atoms with Gasteiger partial charge in [-0.1, -0.05) is 18.2 Å². The highest BCUT2D eigenvalue weighted by Gasteiger charge is 2.27. The second kappa shape index (κ2) is 6.89. The van der Waals surface area contributed by atoms with Gasteiger partial charge in [-0.15, -0.1) is 0 Å². The molecule has 0 aliphatic carbocycles. The second-order valence-corrected chi connectivity index (χ2v) is 4.90. The van der Waals surface area contributed by atoms with Crippen LogP contribution < -0.4 is 10.1 Å². The Morgan fingerprint density at radius 3 is 2.67 bits per heavy atom. The minimum absolute atomic E-state index is 0.0474. The number of ether oxygens (including phenoxy) is 1. The highest BCUT2D eigenvalue weighted by atomic mass is 32.2. The molecule has 0 amide bonds. The predicted octanol–water partition coefficient (Wildman–Crippen LogP) is 3.35. The van der Waals surface area contributed by atoms with Crippen molar-refractivity contribution in [3.8, 4) is 5.75 Å². The zero-order valence-electron chi connectivity index (χ0n) is 10.3. The van der Waals surface area contributed by atoms with E-state index in [1.54, 1.807) is 0 Å². The molecule has 6 heteroatoms. The van der Waals surface area contributed by atoms with Gasteiger partial charge in [0.1, 0.15) is 5.75 Å². The summed E-state index contributed by atoms with van der Waals surface area (Å²) >= 11 is -0.0627. The number of halogens is 3. The number of aryl methyl sites for hydroxylation is 1. The summed E-state index contributed by atoms with van der Waals surface area (Å²) in [5.41, 5.74) is -2.31. The van der Waals surface area contributed by atoms with Crippen molar-refractivity contribution in [1.29, 1.82) is 0 Å². The molecule has 0 radical (unpaired) electrons. The third kappa shape index (κ3) is 5.18. The van der Waals surface area contributed by atoms with Crippen LogP contribution in [0.15, 0.2) is 18.2 Å². The third-order valence-electron chi connectivity index (χ3n) is 2.26. The molecule has 102 valence electrons. The maximum atomic E-state index is 12.0. The molecule has 2 nitrogen and oxygen atoms in total. The quantitative estimate of drug-likeness (QED) is 0.807. The molecule has 0 bridgehead atoms. The Kier molecular flexibility index (Phi) is 5.81. The third-order valence-corrected chi connectivity index (χ3v) is 2.95. The van der Waals surface area contributed by atoms with E-state index < -0.39 is 5.51 Å². The van der Waals surface area contributed by atoms with Crippen molar-refractivity contribution < 1.29 is 17.9 Å². The molecule has 18 heavy (non-hydrogen) atoms. The largest absolute Gasteiger partial charge is 0.492 e. The minimum atomic E-state index is -4.19. The molecule has 0 spiro atoms. The summed E-state index contributed by atoms with van der Waals surface area (Å²) in [5.74, 6) is 0.575. The molecule has 1 N–H and O–H groups in total. The van der Waals surface area contributed by atoms with Gasteiger partial charge >= 0.3 is 5.51 Å². The van der Waals surface area contributed by atoms with Gasteiger partial charge in [-0.25, -0.2) is 0 Å². The highest BCUT2D eigenvalue weighted by Crippen LogP contribution is 2.30. The summed E-state index contributed by atoms with van der Waals surface area (Å²) in [7, 11) is 1.81. The van der Waals surface area contributed by atoms with Gasteiger partial charge in [0.05, 0.1) is 6.61 Å². The van der Waals surface area contributed by atoms with Crippen LogP contribution in [0.5, 0.6) is 5.75 Å². The number of thioether (sulfide) groups is 1. The van der Waals surface area contributed by atoms with Gasteiger partial charge in [-0.05, 0) is 31.3 Å². The predicted molar refractivity (Wildman–Crippen MR) is 68.0 cm³/mol. The first kappa shape index (κ1) is 15.2. The summed E-state index contributed by atoms with van der Waals surface area (Å²) < 4.78 is 41.3. The van der Waals surface area contributed by atoms with Gasteiger partial charge in [0.2, 0.25) is 0 Å². The first-order valence-electron chi connectivity index (χ1n) is 5.50. The number of benzene rings is 1. The number of hydrogen-bond donors (Lipinski definition) is 1. The zero-order chi connectivity index (χ0) is 13.6. The fourth-order valence-electron chi connectivity index (χ4n) is 1.55. The number of nitrogens with one attached hydrogen (secondary N) is 1. The topological polar surface area (TPSA) is 21.3 Å². The Morgan fingerprint density at radius 1 is 1.33 bits per heavy atom. The van der Waals surface area contributed by atoms with E-state index in [4.69, 9.17) is 4.74 Å². The molecule has 0 heterocycles. The number of alkyl halides is 3. The lowest BCUT2D eigenvalue weighted by Crippen LogP contribution is -2.11. The van der Waals surface area contributed by atoms with Crippen molar-refractivity contribution in [2.45, 2.75) is 19.0 Å². The highest BCUT2D eigenvalue weighted by molar-refractivity contribution is 8.00. The SMILES string of the molecule is CNCc1cccc(C)c1OCCSC(F)(F)F. The maximum Gasteiger partial charge on any atom is 0.441 e. The number of rotatable bonds is 6. The lowest BCUT2D eigenvalue weighted by molar-refractivity contribution is -0.0329. The van der Waals surface area contributed by atoms with E-state index in [0.717, 1.165) is 11.1 Å². The molecule has 1 aromatic carbocycles. The van der Waals surface area contributed by atoms with Gasteiger partial charge in [0.15, 0.2) is 0 Å². The van der Waals surface area contributed by atoms with Crippen LogP contribution in [0, 0.1) is 6.92 Å². The van der Waals surface area contributed by atoms with Gasteiger partial charge in [0.25, 0.3) is 0 Å². The first-order chi connectivity index (χ1) is 8.44. The maximum absolute atomic E-state index is 12.0. The van der Waals surface area contributed by atoms with Gasteiger partial charge < -0.3 is 10.1 Å². The van der Waals surface area contributed by atoms with Crippen LogP contribution in [0.2, 0.25) is 0 Å². The zero-order valence-corrected chi connectivity index (χ0v) is 11.1. The average Bonchev–Trinajstić information content (AvgIpc) is 2.26. The van der Waals surface area contributed by atoms with Crippen molar-refractivity contribution in [2.75, 3.05) is 19.4 Å². The van der Waals surface area contributed by atoms with E-state index in [1.807, 2.05) is 32.2 Å². The molecule has 0 aliphatic heterocycles. The van der Waals surface area contributed by atoms with E-state index in [9.17, 15) is 13.2 Å². The van der Waals surface area contributed by atoms with E-state index in [-0.39, 0.29) is 24.1 Å². The Hall–Kier alpha value is -0.880. The Labute approximate surface area is 109 Å². The molecular weight excluding hydrogens is 263 g/mol. The van der Waals surface area contributed by atoms with Crippen LogP contribution in [0.1, 0.15) is 11.1 Å². The monoisotopic (exact) mass is 279 g/mol. The van der Waals surface area contributed by atoms with Gasteiger partial charge in [-0.3, -0.25) is 0 Å². The van der Waals surface area contributed by atoms with Crippen molar-refractivity contribution in [3.63, 3.8) is 0 Å². The molecular formula is C12H16F3NOS. The number of hydrogen-bond acceptors (Lipinski definition) is 3. The molecule has 0 saturated carbocycles. The molecule has 0 fully saturated rings. The molecule has 0 aromatic heterocycles. The molecule has 0 unspecified atom stereocenters. The number of para-hydroxylation sites is 1. The van der Waals surface area contributed by atoms with Crippen LogP contribution >= 0.6 is 11.8 Å². The van der Waals surface area contributed by atoms with Crippen LogP contribution in [0.4, 0.5) is 13.2 Å². The summed E-state index contributed by atoms with van der Waals surface area (Å²) in [6.07, 6.45) is 0. The van der Waals surface area contributed by atoms with Crippen molar-refractivity contribution in [2.24, 2.45) is 0 Å². The molecule has 1 aromatic rings. The van der Waals surface area contributed by atoms with Gasteiger partial charge in [0, 0.05) is 17.9 Å². The average molecular weight is 279 g/mol. The Morgan fingerprint density at radius 2 is 2.06 bits per heavy atom. The van der Waals surface area contributed by atoms with Crippen LogP contribution in [0.25, 0.3) is 0 Å². The van der Waals surface area contributed by atoms with E-state index >= 15 is 0 Å². The lowest BCUT2D eigenvalue weighted by Gasteiger charge is -2.14. The summed E-state index contributed by atoms with van der Waals surface area (Å²) in [6.45, 7) is 2.56. The smallest absolute Gasteiger partial charge is 0.441 e. The van der Waals surface area contributed by atoms with Crippen LogP contribution in [-0.2, 0) is 6.54 Å². The molecule has 1 rings (SSSR count). The van der Waals surface area contributed by atoms with Crippen LogP contribution in [0.3, 0.4) is 0 Å². The van der Waals surface area contributed by atoms with Crippen LogP contribution in [-0.4, -0.2) is 24.9 Å². The summed E-state index contributed by atoms with van der Waals surface area (Å²) in [5, 5.41) is 3.00. The molecule has 0 aliphatic rings. The summed E-state index contributed by atoms with van der Waals surface area (Å²) in [6, 6.07) is 5.68. The fraction of sp³-hybridized carbons (Fsp3) is 0.500. The molecule has 0 atom stereocenters. The minimum Gasteiger partial charge on any atom is -0.492 e. The normalized spacial score (nSPS) is 11.6. The fourth-order valence-corrected chi connectivity index (χ4v) is 1.95. The van der Waals surface area contributed by atoms with Crippen molar-refractivity contribution in [1.82, 2.24) is 5.32 Å². The van der Waals surface area contributed by atoms with E-state index in [0.29, 0.717) is 12.3 Å². The lowest BCUT2D eigenvalue weighted by atomic mass is 10.1. The van der Waals surface area contributed by atoms with E-state index in [2.05, 4.69) is 5.32 Å². The van der Waals surface area contributed by atoms with E-state index in [1.165, 1.54) is 0 Å². The van der Waals surface area contributed by atoms with Crippen molar-refractivity contribution in [3.05, 3.63) is 29.3 Å². The van der Waals surface area contributed by atoms with Crippen molar-refractivity contribution >= 4 is 11.8 Å². The second-order valence-electron chi connectivity index (χ2n) is 3.74. The Bertz CT molecular complexity index is 382. The molecule has 0 saturated heterocycles.